The first-order valence-electron chi connectivity index (χ1n) is 5.35. The zero-order valence-electron chi connectivity index (χ0n) is 9.59. The molecule has 1 aromatic carbocycles. The van der Waals surface area contributed by atoms with Gasteiger partial charge in [-0.2, -0.15) is 0 Å². The molecular weight excluding hydrogens is 256 g/mol. The summed E-state index contributed by atoms with van der Waals surface area (Å²) < 4.78 is 27.0. The van der Waals surface area contributed by atoms with Crippen LogP contribution in [0.2, 0.25) is 0 Å². The molecule has 4 nitrogen and oxygen atoms in total. The minimum Gasteiger partial charge on any atom is -0.479 e. The summed E-state index contributed by atoms with van der Waals surface area (Å²) >= 11 is 0. The van der Waals surface area contributed by atoms with Crippen LogP contribution >= 0.6 is 0 Å². The van der Waals surface area contributed by atoms with Crippen LogP contribution < -0.4 is 5.56 Å². The van der Waals surface area contributed by atoms with Crippen molar-refractivity contribution in [2.75, 3.05) is 0 Å². The van der Waals surface area contributed by atoms with Crippen molar-refractivity contribution >= 4 is 5.97 Å². The standard InChI is InChI=1S/C13H9F2NO3/c14-9-5-4-8(7-10(9)15)12(13(18)19)16-6-2-1-3-11(16)17/h1-7,12H,(H,18,19). The minimum absolute atomic E-state index is 0.0142. The molecule has 1 atom stereocenters. The number of rotatable bonds is 3. The van der Waals surface area contributed by atoms with Crippen LogP contribution in [0.1, 0.15) is 11.6 Å². The van der Waals surface area contributed by atoms with Crippen molar-refractivity contribution in [3.8, 4) is 0 Å². The van der Waals surface area contributed by atoms with E-state index in [0.717, 1.165) is 22.8 Å². The number of carbonyl (C=O) groups is 1. The van der Waals surface area contributed by atoms with Gasteiger partial charge in [0.25, 0.3) is 5.56 Å². The Morgan fingerprint density at radius 2 is 1.89 bits per heavy atom. The van der Waals surface area contributed by atoms with Crippen molar-refractivity contribution in [3.05, 3.63) is 70.1 Å². The van der Waals surface area contributed by atoms with Crippen LogP contribution in [0.4, 0.5) is 8.78 Å². The summed E-state index contributed by atoms with van der Waals surface area (Å²) in [4.78, 5) is 22.9. The number of hydrogen-bond acceptors (Lipinski definition) is 2. The molecule has 1 unspecified atom stereocenters. The highest BCUT2D eigenvalue weighted by Crippen LogP contribution is 2.19. The fourth-order valence-corrected chi connectivity index (χ4v) is 1.76. The summed E-state index contributed by atoms with van der Waals surface area (Å²) in [6.45, 7) is 0. The lowest BCUT2D eigenvalue weighted by atomic mass is 10.1. The number of nitrogens with zero attached hydrogens (tertiary/aromatic N) is 1. The summed E-state index contributed by atoms with van der Waals surface area (Å²) in [6, 6.07) is 5.47. The molecule has 0 aliphatic rings. The molecule has 1 heterocycles. The number of pyridine rings is 1. The lowest BCUT2D eigenvalue weighted by Gasteiger charge is -2.15. The Bertz CT molecular complexity index is 682. The molecule has 2 rings (SSSR count). The van der Waals surface area contributed by atoms with Gasteiger partial charge in [0, 0.05) is 12.3 Å². The number of benzene rings is 1. The molecule has 2 aromatic rings. The molecule has 0 bridgehead atoms. The normalized spacial score (nSPS) is 12.1. The van der Waals surface area contributed by atoms with Crippen molar-refractivity contribution in [3.63, 3.8) is 0 Å². The second kappa shape index (κ2) is 5.01. The van der Waals surface area contributed by atoms with Crippen LogP contribution in [0.25, 0.3) is 0 Å². The van der Waals surface area contributed by atoms with Gasteiger partial charge >= 0.3 is 5.97 Å². The third-order valence-electron chi connectivity index (χ3n) is 2.62. The highest BCUT2D eigenvalue weighted by Gasteiger charge is 2.23. The summed E-state index contributed by atoms with van der Waals surface area (Å²) in [7, 11) is 0. The smallest absolute Gasteiger partial charge is 0.331 e. The first-order chi connectivity index (χ1) is 9.00. The van der Waals surface area contributed by atoms with Gasteiger partial charge in [0.1, 0.15) is 0 Å². The van der Waals surface area contributed by atoms with Gasteiger partial charge in [0.2, 0.25) is 0 Å². The molecule has 6 heteroatoms. The van der Waals surface area contributed by atoms with Crippen molar-refractivity contribution in [2.24, 2.45) is 0 Å². The molecule has 0 spiro atoms. The average molecular weight is 265 g/mol. The molecule has 0 radical (unpaired) electrons. The van der Waals surface area contributed by atoms with Gasteiger partial charge in [0.15, 0.2) is 17.7 Å². The van der Waals surface area contributed by atoms with Gasteiger partial charge in [-0.25, -0.2) is 13.6 Å². The lowest BCUT2D eigenvalue weighted by molar-refractivity contribution is -0.139. The molecule has 0 saturated carbocycles. The van der Waals surface area contributed by atoms with Crippen molar-refractivity contribution in [1.29, 1.82) is 0 Å². The highest BCUT2D eigenvalue weighted by atomic mass is 19.2. The first-order valence-corrected chi connectivity index (χ1v) is 5.35. The molecule has 19 heavy (non-hydrogen) atoms. The average Bonchev–Trinajstić information content (AvgIpc) is 2.36. The highest BCUT2D eigenvalue weighted by molar-refractivity contribution is 5.76. The second-order valence-electron chi connectivity index (χ2n) is 3.86. The van der Waals surface area contributed by atoms with E-state index < -0.39 is 29.2 Å². The van der Waals surface area contributed by atoms with Crippen molar-refractivity contribution in [1.82, 2.24) is 4.57 Å². The molecule has 0 fully saturated rings. The van der Waals surface area contributed by atoms with Crippen LogP contribution in [0.15, 0.2) is 47.4 Å². The van der Waals surface area contributed by atoms with Crippen molar-refractivity contribution < 1.29 is 18.7 Å². The van der Waals surface area contributed by atoms with E-state index in [1.54, 1.807) is 0 Å². The third kappa shape index (κ3) is 2.52. The van der Waals surface area contributed by atoms with Gasteiger partial charge < -0.3 is 5.11 Å². The number of hydrogen-bond donors (Lipinski definition) is 1. The number of halogens is 2. The zero-order valence-corrected chi connectivity index (χ0v) is 9.59. The Morgan fingerprint density at radius 1 is 1.16 bits per heavy atom. The predicted molar refractivity (Wildman–Crippen MR) is 62.8 cm³/mol. The van der Waals surface area contributed by atoms with Crippen LogP contribution in [-0.4, -0.2) is 15.6 Å². The maximum atomic E-state index is 13.2. The fraction of sp³-hybridized carbons (Fsp3) is 0.0769. The summed E-state index contributed by atoms with van der Waals surface area (Å²) in [5.74, 6) is -3.57. The van der Waals surface area contributed by atoms with E-state index in [1.165, 1.54) is 24.4 Å². The van der Waals surface area contributed by atoms with E-state index in [4.69, 9.17) is 0 Å². The Labute approximate surface area is 106 Å². The minimum atomic E-state index is -1.40. The maximum Gasteiger partial charge on any atom is 0.331 e. The number of aromatic nitrogens is 1. The van der Waals surface area contributed by atoms with Crippen LogP contribution in [0.5, 0.6) is 0 Å². The zero-order chi connectivity index (χ0) is 14.0. The molecule has 1 N–H and O–H groups in total. The number of aliphatic carboxylic acids is 1. The van der Waals surface area contributed by atoms with Gasteiger partial charge in [-0.15, -0.1) is 0 Å². The second-order valence-corrected chi connectivity index (χ2v) is 3.86. The lowest BCUT2D eigenvalue weighted by Crippen LogP contribution is -2.29. The third-order valence-corrected chi connectivity index (χ3v) is 2.62. The van der Waals surface area contributed by atoms with Gasteiger partial charge in [-0.05, 0) is 23.8 Å². The molecule has 1 aromatic heterocycles. The summed E-state index contributed by atoms with van der Waals surface area (Å²) in [5, 5.41) is 9.19. The Hall–Kier alpha value is -2.50. The fourth-order valence-electron chi connectivity index (χ4n) is 1.76. The monoisotopic (exact) mass is 265 g/mol. The van der Waals surface area contributed by atoms with Crippen LogP contribution in [0, 0.1) is 11.6 Å². The largest absolute Gasteiger partial charge is 0.479 e. The van der Waals surface area contributed by atoms with E-state index in [9.17, 15) is 23.5 Å². The molecule has 0 saturated heterocycles. The summed E-state index contributed by atoms with van der Waals surface area (Å²) in [5.41, 5.74) is -0.556. The van der Waals surface area contributed by atoms with Gasteiger partial charge in [-0.3, -0.25) is 9.36 Å². The van der Waals surface area contributed by atoms with E-state index in [0.29, 0.717) is 0 Å². The molecular formula is C13H9F2NO3. The number of carboxylic acid groups (broad SMARTS) is 1. The van der Waals surface area contributed by atoms with E-state index >= 15 is 0 Å². The SMILES string of the molecule is O=C(O)C(c1ccc(F)c(F)c1)n1ccccc1=O. The van der Waals surface area contributed by atoms with Gasteiger partial charge in [0.05, 0.1) is 0 Å². The molecule has 98 valence electrons. The van der Waals surface area contributed by atoms with Crippen molar-refractivity contribution in [2.45, 2.75) is 6.04 Å². The van der Waals surface area contributed by atoms with Crippen LogP contribution in [-0.2, 0) is 4.79 Å². The van der Waals surface area contributed by atoms with Crippen LogP contribution in [0.3, 0.4) is 0 Å². The maximum absolute atomic E-state index is 13.2. The predicted octanol–water partition coefficient (Wildman–Crippen LogP) is 1.80. The van der Waals surface area contributed by atoms with E-state index in [2.05, 4.69) is 0 Å². The Balaban J connectivity index is 2.59. The molecule has 0 aliphatic heterocycles. The topological polar surface area (TPSA) is 59.3 Å². The van der Waals surface area contributed by atoms with Gasteiger partial charge in [-0.1, -0.05) is 12.1 Å². The van der Waals surface area contributed by atoms with E-state index in [1.807, 2.05) is 0 Å². The number of carboxylic acids is 1. The Morgan fingerprint density at radius 3 is 2.47 bits per heavy atom. The molecule has 0 amide bonds. The van der Waals surface area contributed by atoms with E-state index in [-0.39, 0.29) is 5.56 Å². The first kappa shape index (κ1) is 12.9. The molecule has 0 aliphatic carbocycles. The Kier molecular flexibility index (Phi) is 3.41. The summed E-state index contributed by atoms with van der Waals surface area (Å²) in [6.07, 6.45) is 1.28. The quantitative estimate of drug-likeness (QED) is 0.920.